The lowest BCUT2D eigenvalue weighted by molar-refractivity contribution is 0.0383. The van der Waals surface area contributed by atoms with E-state index in [1.165, 1.54) is 7.11 Å². The maximum absolute atomic E-state index is 12.4. The highest BCUT2D eigenvalue weighted by atomic mass is 16.5. The Morgan fingerprint density at radius 3 is 2.62 bits per heavy atom. The molecule has 0 radical (unpaired) electrons. The number of para-hydroxylation sites is 2. The van der Waals surface area contributed by atoms with Crippen LogP contribution in [0.25, 0.3) is 5.69 Å². The summed E-state index contributed by atoms with van der Waals surface area (Å²) in [4.78, 5) is 14.0. The summed E-state index contributed by atoms with van der Waals surface area (Å²) in [5.41, 5.74) is 0.121. The third-order valence-corrected chi connectivity index (χ3v) is 5.39. The van der Waals surface area contributed by atoms with Crippen molar-refractivity contribution in [2.24, 2.45) is 5.92 Å². The van der Waals surface area contributed by atoms with Gasteiger partial charge in [-0.2, -0.15) is 4.68 Å². The van der Waals surface area contributed by atoms with Crippen molar-refractivity contribution in [3.8, 4) is 11.4 Å². The molecule has 0 N–H and O–H groups in total. The van der Waals surface area contributed by atoms with Gasteiger partial charge in [-0.05, 0) is 54.2 Å². The molecule has 3 rings (SSSR count). The molecule has 0 bridgehead atoms. The zero-order valence-electron chi connectivity index (χ0n) is 15.7. The number of rotatable bonds is 4. The first kappa shape index (κ1) is 18.2. The van der Waals surface area contributed by atoms with E-state index in [1.54, 1.807) is 23.7 Å². The Morgan fingerprint density at radius 1 is 1.27 bits per heavy atom. The SMILES string of the molecule is COC(=O)N(C)C1(c2nnnn2-c2ccccc2OC)CCC(C)CC1. The molecule has 1 aliphatic rings. The van der Waals surface area contributed by atoms with Crippen LogP contribution in [0, 0.1) is 5.92 Å². The van der Waals surface area contributed by atoms with Crippen LogP contribution in [-0.4, -0.2) is 52.5 Å². The largest absolute Gasteiger partial charge is 0.494 e. The Kier molecular flexibility index (Phi) is 5.11. The summed E-state index contributed by atoms with van der Waals surface area (Å²) >= 11 is 0. The minimum atomic E-state index is -0.621. The van der Waals surface area contributed by atoms with Gasteiger partial charge < -0.3 is 9.47 Å². The van der Waals surface area contributed by atoms with E-state index in [2.05, 4.69) is 22.4 Å². The number of nitrogens with zero attached hydrogens (tertiary/aromatic N) is 5. The van der Waals surface area contributed by atoms with Crippen LogP contribution >= 0.6 is 0 Å². The van der Waals surface area contributed by atoms with E-state index < -0.39 is 11.6 Å². The van der Waals surface area contributed by atoms with Crippen molar-refractivity contribution >= 4 is 6.09 Å². The second kappa shape index (κ2) is 7.31. The number of methoxy groups -OCH3 is 2. The number of tetrazole rings is 1. The lowest BCUT2D eigenvalue weighted by Crippen LogP contribution is -2.50. The van der Waals surface area contributed by atoms with Crippen molar-refractivity contribution in [1.29, 1.82) is 0 Å². The molecule has 0 spiro atoms. The highest BCUT2D eigenvalue weighted by molar-refractivity contribution is 5.68. The van der Waals surface area contributed by atoms with Crippen LogP contribution in [0.15, 0.2) is 24.3 Å². The molecule has 0 aliphatic heterocycles. The van der Waals surface area contributed by atoms with Crippen LogP contribution in [0.2, 0.25) is 0 Å². The molecule has 0 unspecified atom stereocenters. The van der Waals surface area contributed by atoms with E-state index in [9.17, 15) is 4.79 Å². The lowest BCUT2D eigenvalue weighted by atomic mass is 9.75. The van der Waals surface area contributed by atoms with E-state index in [0.717, 1.165) is 31.4 Å². The molecule has 0 atom stereocenters. The Balaban J connectivity index is 2.12. The van der Waals surface area contributed by atoms with Crippen molar-refractivity contribution in [3.05, 3.63) is 30.1 Å². The van der Waals surface area contributed by atoms with Gasteiger partial charge in [0.15, 0.2) is 5.82 Å². The first-order valence-corrected chi connectivity index (χ1v) is 8.77. The molecular formula is C18H25N5O3. The molecule has 0 saturated heterocycles. The first-order valence-electron chi connectivity index (χ1n) is 8.77. The number of amides is 1. The molecule has 1 aliphatic carbocycles. The van der Waals surface area contributed by atoms with E-state index in [1.807, 2.05) is 24.3 Å². The molecule has 1 heterocycles. The number of carbonyl (C=O) groups excluding carboxylic acids is 1. The molecule has 2 aromatic rings. The van der Waals surface area contributed by atoms with Crippen molar-refractivity contribution in [2.75, 3.05) is 21.3 Å². The van der Waals surface area contributed by atoms with Gasteiger partial charge in [-0.1, -0.05) is 19.1 Å². The van der Waals surface area contributed by atoms with Crippen LogP contribution in [0.4, 0.5) is 4.79 Å². The molecule has 26 heavy (non-hydrogen) atoms. The van der Waals surface area contributed by atoms with E-state index in [4.69, 9.17) is 9.47 Å². The zero-order chi connectivity index (χ0) is 18.7. The predicted octanol–water partition coefficient (Wildman–Crippen LogP) is 2.77. The maximum atomic E-state index is 12.4. The number of aromatic nitrogens is 4. The summed E-state index contributed by atoms with van der Waals surface area (Å²) in [7, 11) is 4.76. The molecule has 1 fully saturated rings. The highest BCUT2D eigenvalue weighted by Crippen LogP contribution is 2.43. The summed E-state index contributed by atoms with van der Waals surface area (Å²) in [6.07, 6.45) is 3.12. The monoisotopic (exact) mass is 359 g/mol. The Hall–Kier alpha value is -2.64. The fourth-order valence-corrected chi connectivity index (χ4v) is 3.70. The zero-order valence-corrected chi connectivity index (χ0v) is 15.7. The molecular weight excluding hydrogens is 334 g/mol. The van der Waals surface area contributed by atoms with Gasteiger partial charge in [0, 0.05) is 7.05 Å². The second-order valence-corrected chi connectivity index (χ2v) is 6.83. The van der Waals surface area contributed by atoms with E-state index in [-0.39, 0.29) is 0 Å². The number of carbonyl (C=O) groups is 1. The van der Waals surface area contributed by atoms with Crippen molar-refractivity contribution in [1.82, 2.24) is 25.1 Å². The average Bonchev–Trinajstić information content (AvgIpc) is 3.17. The molecule has 8 heteroatoms. The van der Waals surface area contributed by atoms with Gasteiger partial charge in [-0.3, -0.25) is 4.90 Å². The summed E-state index contributed by atoms with van der Waals surface area (Å²) < 4.78 is 12.1. The van der Waals surface area contributed by atoms with Gasteiger partial charge >= 0.3 is 6.09 Å². The third-order valence-electron chi connectivity index (χ3n) is 5.39. The van der Waals surface area contributed by atoms with Crippen LogP contribution in [0.3, 0.4) is 0 Å². The average molecular weight is 359 g/mol. The molecule has 1 aromatic heterocycles. The fourth-order valence-electron chi connectivity index (χ4n) is 3.70. The molecule has 1 aromatic carbocycles. The number of benzene rings is 1. The summed E-state index contributed by atoms with van der Waals surface area (Å²) in [6, 6.07) is 7.56. The number of hydrogen-bond donors (Lipinski definition) is 0. The Morgan fingerprint density at radius 2 is 1.96 bits per heavy atom. The summed E-state index contributed by atoms with van der Waals surface area (Å²) in [5, 5.41) is 12.4. The quantitative estimate of drug-likeness (QED) is 0.835. The minimum absolute atomic E-state index is 0.394. The Bertz CT molecular complexity index is 768. The van der Waals surface area contributed by atoms with Gasteiger partial charge in [0.25, 0.3) is 0 Å². The van der Waals surface area contributed by atoms with Crippen LogP contribution in [-0.2, 0) is 10.3 Å². The fraction of sp³-hybridized carbons (Fsp3) is 0.556. The predicted molar refractivity (Wildman–Crippen MR) is 95.2 cm³/mol. The minimum Gasteiger partial charge on any atom is -0.494 e. The second-order valence-electron chi connectivity index (χ2n) is 6.83. The summed E-state index contributed by atoms with van der Waals surface area (Å²) in [5.74, 6) is 1.90. The van der Waals surface area contributed by atoms with Crippen molar-refractivity contribution in [3.63, 3.8) is 0 Å². The highest BCUT2D eigenvalue weighted by Gasteiger charge is 2.46. The van der Waals surface area contributed by atoms with Gasteiger partial charge in [0.2, 0.25) is 0 Å². The van der Waals surface area contributed by atoms with Gasteiger partial charge in [0.05, 0.1) is 14.2 Å². The topological polar surface area (TPSA) is 82.4 Å². The number of hydrogen-bond acceptors (Lipinski definition) is 6. The molecule has 1 amide bonds. The Labute approximate surface area is 153 Å². The van der Waals surface area contributed by atoms with Gasteiger partial charge in [-0.25, -0.2) is 4.79 Å². The molecule has 140 valence electrons. The van der Waals surface area contributed by atoms with Crippen molar-refractivity contribution in [2.45, 2.75) is 38.1 Å². The first-order chi connectivity index (χ1) is 12.5. The maximum Gasteiger partial charge on any atom is 0.410 e. The van der Waals surface area contributed by atoms with Gasteiger partial charge in [0.1, 0.15) is 17.0 Å². The number of ether oxygens (including phenoxy) is 2. The van der Waals surface area contributed by atoms with E-state index >= 15 is 0 Å². The van der Waals surface area contributed by atoms with Crippen LogP contribution in [0.1, 0.15) is 38.4 Å². The molecule has 1 saturated carbocycles. The van der Waals surface area contributed by atoms with E-state index in [0.29, 0.717) is 17.5 Å². The third kappa shape index (κ3) is 3.00. The van der Waals surface area contributed by atoms with Crippen LogP contribution in [0.5, 0.6) is 5.75 Å². The van der Waals surface area contributed by atoms with Crippen molar-refractivity contribution < 1.29 is 14.3 Å². The smallest absolute Gasteiger partial charge is 0.410 e. The molecule has 8 nitrogen and oxygen atoms in total. The summed E-state index contributed by atoms with van der Waals surface area (Å²) in [6.45, 7) is 2.23. The lowest BCUT2D eigenvalue weighted by Gasteiger charge is -2.43. The normalized spacial score (nSPS) is 22.7. The standard InChI is InChI=1S/C18H25N5O3/c1-13-9-11-18(12-10-13,22(2)17(24)26-4)16-19-20-21-23(16)14-7-5-6-8-15(14)25-3/h5-8,13H,9-12H2,1-4H3. The van der Waals surface area contributed by atoms with Gasteiger partial charge in [-0.15, -0.1) is 5.10 Å². The van der Waals surface area contributed by atoms with Crippen LogP contribution < -0.4 is 4.74 Å².